The number of rotatable bonds is 3. The van der Waals surface area contributed by atoms with Crippen molar-refractivity contribution >= 4 is 0 Å². The third kappa shape index (κ3) is 5.17. The third-order valence-electron chi connectivity index (χ3n) is 3.47. The molecule has 0 saturated carbocycles. The maximum atomic E-state index is 8.72. The van der Waals surface area contributed by atoms with Gasteiger partial charge in [0.2, 0.25) is 0 Å². The molecule has 2 rings (SSSR count). The highest BCUT2D eigenvalue weighted by Gasteiger charge is 2.30. The van der Waals surface area contributed by atoms with Crippen LogP contribution in [0.5, 0.6) is 0 Å². The van der Waals surface area contributed by atoms with Gasteiger partial charge in [-0.05, 0) is 38.5 Å². The molecule has 3 nitrogen and oxygen atoms in total. The fourth-order valence-electron chi connectivity index (χ4n) is 2.88. The Kier molecular flexibility index (Phi) is 5.41. The van der Waals surface area contributed by atoms with E-state index >= 15 is 0 Å². The van der Waals surface area contributed by atoms with Crippen LogP contribution in [0.4, 0.5) is 0 Å². The highest BCUT2D eigenvalue weighted by atomic mass is 16.5. The van der Waals surface area contributed by atoms with E-state index in [0.29, 0.717) is 6.42 Å². The largest absolute Gasteiger partial charge is 0.395 e. The lowest BCUT2D eigenvalue weighted by Gasteiger charge is -2.41. The van der Waals surface area contributed by atoms with Crippen LogP contribution in [0.15, 0.2) is 24.3 Å². The molecule has 0 amide bonds. The molecule has 1 aromatic carbocycles. The number of nitrogens with zero attached hydrogens (tertiary/aromatic N) is 1. The fourth-order valence-corrected chi connectivity index (χ4v) is 2.88. The molecule has 1 saturated heterocycles. The standard InChI is InChI=1S/C18H25NO2/c1-15-12-19(14-18(2,3)21-15)13-17-9-7-16(8-10-17)6-4-5-11-20/h7-10,15,20H,5,11-14H2,1-3H3. The Morgan fingerprint density at radius 1 is 1.33 bits per heavy atom. The summed E-state index contributed by atoms with van der Waals surface area (Å²) in [7, 11) is 0. The van der Waals surface area contributed by atoms with Crippen LogP contribution in [-0.4, -0.2) is 41.4 Å². The molecule has 1 fully saturated rings. The number of hydrogen-bond donors (Lipinski definition) is 1. The van der Waals surface area contributed by atoms with Crippen molar-refractivity contribution in [1.29, 1.82) is 0 Å². The van der Waals surface area contributed by atoms with Gasteiger partial charge in [0.1, 0.15) is 0 Å². The van der Waals surface area contributed by atoms with E-state index < -0.39 is 0 Å². The first-order valence-corrected chi connectivity index (χ1v) is 7.57. The van der Waals surface area contributed by atoms with Crippen molar-refractivity contribution in [3.05, 3.63) is 35.4 Å². The maximum Gasteiger partial charge on any atom is 0.0757 e. The lowest BCUT2D eigenvalue weighted by molar-refractivity contribution is -0.130. The van der Waals surface area contributed by atoms with E-state index in [0.717, 1.165) is 25.2 Å². The summed E-state index contributed by atoms with van der Waals surface area (Å²) in [4.78, 5) is 2.45. The van der Waals surface area contributed by atoms with Crippen LogP contribution < -0.4 is 0 Å². The van der Waals surface area contributed by atoms with Gasteiger partial charge in [-0.15, -0.1) is 0 Å². The van der Waals surface area contributed by atoms with Crippen LogP contribution >= 0.6 is 0 Å². The van der Waals surface area contributed by atoms with Gasteiger partial charge in [-0.25, -0.2) is 0 Å². The number of ether oxygens (including phenoxy) is 1. The van der Waals surface area contributed by atoms with Crippen LogP contribution in [0.2, 0.25) is 0 Å². The highest BCUT2D eigenvalue weighted by Crippen LogP contribution is 2.22. The van der Waals surface area contributed by atoms with Gasteiger partial charge >= 0.3 is 0 Å². The molecule has 1 aliphatic rings. The molecule has 1 aromatic rings. The lowest BCUT2D eigenvalue weighted by atomic mass is 10.0. The number of hydrogen-bond acceptors (Lipinski definition) is 3. The van der Waals surface area contributed by atoms with Crippen LogP contribution in [0, 0.1) is 11.8 Å². The maximum absolute atomic E-state index is 8.72. The van der Waals surface area contributed by atoms with Crippen molar-refractivity contribution in [2.24, 2.45) is 0 Å². The molecule has 1 heterocycles. The smallest absolute Gasteiger partial charge is 0.0757 e. The first kappa shape index (κ1) is 16.0. The zero-order valence-corrected chi connectivity index (χ0v) is 13.2. The van der Waals surface area contributed by atoms with Crippen molar-refractivity contribution in [2.45, 2.75) is 45.4 Å². The van der Waals surface area contributed by atoms with Gasteiger partial charge in [-0.2, -0.15) is 0 Å². The number of aliphatic hydroxyl groups is 1. The Morgan fingerprint density at radius 3 is 2.67 bits per heavy atom. The summed E-state index contributed by atoms with van der Waals surface area (Å²) in [5.41, 5.74) is 2.23. The van der Waals surface area contributed by atoms with E-state index in [1.165, 1.54) is 5.56 Å². The van der Waals surface area contributed by atoms with Crippen molar-refractivity contribution in [3.8, 4) is 11.8 Å². The van der Waals surface area contributed by atoms with E-state index in [-0.39, 0.29) is 18.3 Å². The van der Waals surface area contributed by atoms with E-state index in [1.807, 2.05) is 0 Å². The zero-order valence-electron chi connectivity index (χ0n) is 13.2. The molecule has 0 spiro atoms. The van der Waals surface area contributed by atoms with Crippen LogP contribution in [0.3, 0.4) is 0 Å². The molecule has 1 unspecified atom stereocenters. The SMILES string of the molecule is CC1CN(Cc2ccc(C#CCCO)cc2)CC(C)(C)O1. The average Bonchev–Trinajstić information content (AvgIpc) is 2.38. The molecule has 21 heavy (non-hydrogen) atoms. The molecule has 114 valence electrons. The van der Waals surface area contributed by atoms with Crippen LogP contribution in [0.25, 0.3) is 0 Å². The van der Waals surface area contributed by atoms with Gasteiger partial charge in [0.05, 0.1) is 18.3 Å². The molecule has 1 atom stereocenters. The Hall–Kier alpha value is -1.34. The second-order valence-corrected chi connectivity index (χ2v) is 6.33. The quantitative estimate of drug-likeness (QED) is 0.867. The molecule has 0 bridgehead atoms. The number of morpholine rings is 1. The van der Waals surface area contributed by atoms with Gasteiger partial charge < -0.3 is 9.84 Å². The first-order chi connectivity index (χ1) is 9.98. The van der Waals surface area contributed by atoms with Crippen molar-refractivity contribution < 1.29 is 9.84 Å². The second-order valence-electron chi connectivity index (χ2n) is 6.33. The van der Waals surface area contributed by atoms with Crippen molar-refractivity contribution in [1.82, 2.24) is 4.90 Å². The summed E-state index contributed by atoms with van der Waals surface area (Å²) in [6, 6.07) is 8.37. The van der Waals surface area contributed by atoms with E-state index in [2.05, 4.69) is 61.8 Å². The minimum absolute atomic E-state index is 0.0760. The summed E-state index contributed by atoms with van der Waals surface area (Å²) in [5.74, 6) is 5.99. The van der Waals surface area contributed by atoms with Gasteiger partial charge in [0.25, 0.3) is 0 Å². The lowest BCUT2D eigenvalue weighted by Crippen LogP contribution is -2.51. The topological polar surface area (TPSA) is 32.7 Å². The minimum Gasteiger partial charge on any atom is -0.395 e. The third-order valence-corrected chi connectivity index (χ3v) is 3.47. The summed E-state index contributed by atoms with van der Waals surface area (Å²) >= 11 is 0. The van der Waals surface area contributed by atoms with E-state index in [9.17, 15) is 0 Å². The van der Waals surface area contributed by atoms with Gasteiger partial charge in [0.15, 0.2) is 0 Å². The average molecular weight is 287 g/mol. The zero-order chi connectivity index (χ0) is 15.3. The fraction of sp³-hybridized carbons (Fsp3) is 0.556. The molecule has 0 aromatic heterocycles. The van der Waals surface area contributed by atoms with Crippen LogP contribution in [0.1, 0.15) is 38.3 Å². The molecular formula is C18H25NO2. The summed E-state index contributed by atoms with van der Waals surface area (Å²) in [6.07, 6.45) is 0.806. The Balaban J connectivity index is 1.96. The van der Waals surface area contributed by atoms with Crippen molar-refractivity contribution in [2.75, 3.05) is 19.7 Å². The molecule has 1 aliphatic heterocycles. The summed E-state index contributed by atoms with van der Waals surface area (Å²) in [6.45, 7) is 9.42. The van der Waals surface area contributed by atoms with Crippen LogP contribution in [-0.2, 0) is 11.3 Å². The Labute approximate surface area is 127 Å². The minimum atomic E-state index is -0.0760. The number of benzene rings is 1. The predicted octanol–water partition coefficient (Wildman–Crippen LogP) is 2.42. The van der Waals surface area contributed by atoms with Crippen molar-refractivity contribution in [3.63, 3.8) is 0 Å². The summed E-state index contributed by atoms with van der Waals surface area (Å²) < 4.78 is 5.94. The molecule has 1 N–H and O–H groups in total. The van der Waals surface area contributed by atoms with E-state index in [1.54, 1.807) is 0 Å². The highest BCUT2D eigenvalue weighted by molar-refractivity contribution is 5.36. The molecule has 0 aliphatic carbocycles. The van der Waals surface area contributed by atoms with Gasteiger partial charge in [-0.1, -0.05) is 24.0 Å². The Bertz CT molecular complexity index is 510. The number of aliphatic hydroxyl groups excluding tert-OH is 1. The normalized spacial score (nSPS) is 21.6. The molecule has 3 heteroatoms. The molecule has 0 radical (unpaired) electrons. The van der Waals surface area contributed by atoms with Gasteiger partial charge in [-0.3, -0.25) is 4.90 Å². The molecular weight excluding hydrogens is 262 g/mol. The van der Waals surface area contributed by atoms with E-state index in [4.69, 9.17) is 9.84 Å². The van der Waals surface area contributed by atoms with Gasteiger partial charge in [0, 0.05) is 31.6 Å². The second kappa shape index (κ2) is 7.09. The monoisotopic (exact) mass is 287 g/mol. The summed E-state index contributed by atoms with van der Waals surface area (Å²) in [5, 5.41) is 8.72. The Morgan fingerprint density at radius 2 is 2.05 bits per heavy atom. The first-order valence-electron chi connectivity index (χ1n) is 7.57. The predicted molar refractivity (Wildman–Crippen MR) is 84.9 cm³/mol.